The van der Waals surface area contributed by atoms with Gasteiger partial charge in [0, 0.05) is 5.56 Å². The fourth-order valence-corrected chi connectivity index (χ4v) is 3.21. The van der Waals surface area contributed by atoms with Gasteiger partial charge < -0.3 is 9.84 Å². The van der Waals surface area contributed by atoms with Crippen molar-refractivity contribution in [1.82, 2.24) is 4.98 Å². The molecule has 144 valence electrons. The number of nitrogens with one attached hydrogen (secondary N) is 2. The Morgan fingerprint density at radius 1 is 1.29 bits per heavy atom. The number of aromatic nitrogens is 1. The lowest BCUT2D eigenvalue weighted by atomic mass is 10.1. The Bertz CT molecular complexity index is 983. The molecule has 0 unspecified atom stereocenters. The van der Waals surface area contributed by atoms with Crippen LogP contribution in [0.1, 0.15) is 18.1 Å². The molecule has 3 aromatic rings. The van der Waals surface area contributed by atoms with Crippen LogP contribution in [0.5, 0.6) is 5.75 Å². The van der Waals surface area contributed by atoms with Gasteiger partial charge in [-0.2, -0.15) is 5.10 Å². The van der Waals surface area contributed by atoms with Crippen LogP contribution in [-0.2, 0) is 4.74 Å². The first-order valence-electron chi connectivity index (χ1n) is 8.65. The van der Waals surface area contributed by atoms with Crippen molar-refractivity contribution < 1.29 is 14.6 Å². The van der Waals surface area contributed by atoms with Gasteiger partial charge in [0.1, 0.15) is 16.4 Å². The highest BCUT2D eigenvalue weighted by atomic mass is 32.1. The van der Waals surface area contributed by atoms with Crippen LogP contribution in [0, 0.1) is 6.92 Å². The number of phenols is 1. The molecule has 1 amide bonds. The number of phenolic OH excluding ortho intramolecular Hbond substituents is 1. The van der Waals surface area contributed by atoms with Crippen LogP contribution in [-0.4, -0.2) is 29.0 Å². The van der Waals surface area contributed by atoms with Crippen LogP contribution < -0.4 is 10.7 Å². The average molecular weight is 396 g/mol. The van der Waals surface area contributed by atoms with Crippen molar-refractivity contribution in [3.63, 3.8) is 0 Å². The summed E-state index contributed by atoms with van der Waals surface area (Å²) in [7, 11) is 0. The van der Waals surface area contributed by atoms with E-state index < -0.39 is 6.09 Å². The number of hydrazone groups is 1. The van der Waals surface area contributed by atoms with E-state index in [9.17, 15) is 9.90 Å². The summed E-state index contributed by atoms with van der Waals surface area (Å²) < 4.78 is 4.97. The summed E-state index contributed by atoms with van der Waals surface area (Å²) in [6.07, 6.45) is 1.04. The molecule has 28 heavy (non-hydrogen) atoms. The second-order valence-electron chi connectivity index (χ2n) is 5.87. The van der Waals surface area contributed by atoms with E-state index in [1.54, 1.807) is 31.3 Å². The maximum atomic E-state index is 11.9. The number of carbonyl (C=O) groups excluding carboxylic acids is 1. The minimum absolute atomic E-state index is 0.167. The number of hydrogen-bond acceptors (Lipinski definition) is 7. The standard InChI is InChI=1S/C20H20N4O3S/c1-3-27-20(26)23-18-17(15-9-7-13(2)8-10-15)22-19(28-18)24-21-12-14-5-4-6-16(25)11-14/h4-12,25H,3H2,1-2H3,(H,22,24)(H,23,26)/b21-12+. The lowest BCUT2D eigenvalue weighted by molar-refractivity contribution is 0.168. The van der Waals surface area contributed by atoms with Crippen LogP contribution in [0.25, 0.3) is 11.3 Å². The van der Waals surface area contributed by atoms with E-state index in [1.807, 2.05) is 37.3 Å². The lowest BCUT2D eigenvalue weighted by Gasteiger charge is -2.05. The molecule has 1 heterocycles. The topological polar surface area (TPSA) is 95.8 Å². The highest BCUT2D eigenvalue weighted by Gasteiger charge is 2.16. The zero-order valence-electron chi connectivity index (χ0n) is 15.5. The first kappa shape index (κ1) is 19.4. The average Bonchev–Trinajstić information content (AvgIpc) is 3.05. The third kappa shape index (κ3) is 5.08. The van der Waals surface area contributed by atoms with Gasteiger partial charge in [-0.1, -0.05) is 53.3 Å². The van der Waals surface area contributed by atoms with Crippen molar-refractivity contribution in [3.05, 3.63) is 59.7 Å². The molecule has 1 aromatic heterocycles. The molecule has 0 aliphatic carbocycles. The van der Waals surface area contributed by atoms with Gasteiger partial charge in [-0.15, -0.1) is 0 Å². The number of ether oxygens (including phenoxy) is 1. The molecule has 0 aliphatic heterocycles. The minimum atomic E-state index is -0.533. The van der Waals surface area contributed by atoms with Gasteiger partial charge in [-0.3, -0.25) is 10.7 Å². The molecule has 0 spiro atoms. The van der Waals surface area contributed by atoms with E-state index in [1.165, 1.54) is 11.3 Å². The predicted molar refractivity (Wildman–Crippen MR) is 112 cm³/mol. The van der Waals surface area contributed by atoms with Crippen molar-refractivity contribution in [2.45, 2.75) is 13.8 Å². The van der Waals surface area contributed by atoms with Crippen molar-refractivity contribution in [2.24, 2.45) is 5.10 Å². The fourth-order valence-electron chi connectivity index (χ4n) is 2.39. The van der Waals surface area contributed by atoms with Crippen molar-refractivity contribution in [1.29, 1.82) is 0 Å². The lowest BCUT2D eigenvalue weighted by Crippen LogP contribution is -2.12. The number of aryl methyl sites for hydroxylation is 1. The maximum Gasteiger partial charge on any atom is 0.412 e. The van der Waals surface area contributed by atoms with Gasteiger partial charge in [-0.05, 0) is 31.5 Å². The fraction of sp³-hybridized carbons (Fsp3) is 0.150. The quantitative estimate of drug-likeness (QED) is 0.409. The Morgan fingerprint density at radius 2 is 2.07 bits per heavy atom. The molecule has 0 atom stereocenters. The number of rotatable bonds is 6. The molecule has 3 rings (SSSR count). The summed E-state index contributed by atoms with van der Waals surface area (Å²) >= 11 is 1.25. The number of hydrogen-bond donors (Lipinski definition) is 3. The smallest absolute Gasteiger partial charge is 0.412 e. The first-order valence-corrected chi connectivity index (χ1v) is 9.46. The molecular formula is C20H20N4O3S. The molecule has 0 saturated carbocycles. The largest absolute Gasteiger partial charge is 0.508 e. The Morgan fingerprint density at radius 3 is 2.79 bits per heavy atom. The molecule has 7 nitrogen and oxygen atoms in total. The molecule has 0 radical (unpaired) electrons. The zero-order valence-corrected chi connectivity index (χ0v) is 16.3. The maximum absolute atomic E-state index is 11.9. The van der Waals surface area contributed by atoms with Crippen LogP contribution in [0.2, 0.25) is 0 Å². The van der Waals surface area contributed by atoms with Gasteiger partial charge in [0.2, 0.25) is 5.13 Å². The second kappa shape index (κ2) is 9.01. The number of nitrogens with zero attached hydrogens (tertiary/aromatic N) is 2. The summed E-state index contributed by atoms with van der Waals surface area (Å²) in [6, 6.07) is 14.6. The van der Waals surface area contributed by atoms with Gasteiger partial charge in [0.25, 0.3) is 0 Å². The Kier molecular flexibility index (Phi) is 6.23. The van der Waals surface area contributed by atoms with Gasteiger partial charge in [0.15, 0.2) is 0 Å². The van der Waals surface area contributed by atoms with Gasteiger partial charge in [0.05, 0.1) is 12.8 Å². The minimum Gasteiger partial charge on any atom is -0.508 e. The van der Waals surface area contributed by atoms with E-state index in [0.29, 0.717) is 15.8 Å². The number of carbonyl (C=O) groups is 1. The number of anilines is 2. The van der Waals surface area contributed by atoms with E-state index in [-0.39, 0.29) is 12.4 Å². The number of aromatic hydroxyl groups is 1. The highest BCUT2D eigenvalue weighted by molar-refractivity contribution is 7.20. The molecule has 3 N–H and O–H groups in total. The van der Waals surface area contributed by atoms with Crippen LogP contribution in [0.3, 0.4) is 0 Å². The second-order valence-corrected chi connectivity index (χ2v) is 6.87. The Labute approximate surface area is 166 Å². The van der Waals surface area contributed by atoms with Crippen LogP contribution in [0.4, 0.5) is 14.9 Å². The van der Waals surface area contributed by atoms with E-state index in [4.69, 9.17) is 4.74 Å². The molecule has 0 bridgehead atoms. The van der Waals surface area contributed by atoms with E-state index in [0.717, 1.165) is 16.7 Å². The van der Waals surface area contributed by atoms with Crippen molar-refractivity contribution in [3.8, 4) is 17.0 Å². The van der Waals surface area contributed by atoms with Gasteiger partial charge in [-0.25, -0.2) is 9.78 Å². The van der Waals surface area contributed by atoms with Gasteiger partial charge >= 0.3 is 6.09 Å². The molecule has 8 heteroatoms. The Hall–Kier alpha value is -3.39. The Balaban J connectivity index is 1.83. The van der Waals surface area contributed by atoms with E-state index in [2.05, 4.69) is 20.8 Å². The first-order chi connectivity index (χ1) is 13.5. The zero-order chi connectivity index (χ0) is 19.9. The normalized spacial score (nSPS) is 10.8. The third-order valence-corrected chi connectivity index (χ3v) is 4.56. The summed E-state index contributed by atoms with van der Waals surface area (Å²) in [4.78, 5) is 16.4. The molecule has 0 saturated heterocycles. The number of amides is 1. The molecular weight excluding hydrogens is 376 g/mol. The number of thiazole rings is 1. The van der Waals surface area contributed by atoms with Crippen molar-refractivity contribution in [2.75, 3.05) is 17.3 Å². The molecule has 2 aromatic carbocycles. The number of benzene rings is 2. The summed E-state index contributed by atoms with van der Waals surface area (Å²) in [5, 5.41) is 17.5. The SMILES string of the molecule is CCOC(=O)Nc1sc(N/N=C/c2cccc(O)c2)nc1-c1ccc(C)cc1. The van der Waals surface area contributed by atoms with Crippen LogP contribution in [0.15, 0.2) is 53.6 Å². The third-order valence-electron chi connectivity index (χ3n) is 3.69. The predicted octanol–water partition coefficient (Wildman–Crippen LogP) is 4.84. The monoisotopic (exact) mass is 396 g/mol. The van der Waals surface area contributed by atoms with Crippen molar-refractivity contribution >= 4 is 33.8 Å². The van der Waals surface area contributed by atoms with Crippen LogP contribution >= 0.6 is 11.3 Å². The summed E-state index contributed by atoms with van der Waals surface area (Å²) in [5.74, 6) is 0.167. The summed E-state index contributed by atoms with van der Waals surface area (Å²) in [5.41, 5.74) is 6.24. The summed E-state index contributed by atoms with van der Waals surface area (Å²) in [6.45, 7) is 4.03. The van der Waals surface area contributed by atoms with E-state index >= 15 is 0 Å². The molecule has 0 aliphatic rings. The molecule has 0 fully saturated rings. The highest BCUT2D eigenvalue weighted by Crippen LogP contribution is 2.36.